The number of hydrogen-bond acceptors (Lipinski definition) is 1. The number of halogens is 2. The van der Waals surface area contributed by atoms with Crippen LogP contribution in [0.2, 0.25) is 0 Å². The lowest BCUT2D eigenvalue weighted by Crippen LogP contribution is -2.13. The predicted octanol–water partition coefficient (Wildman–Crippen LogP) is 0.202. The fourth-order valence-corrected chi connectivity index (χ4v) is 0.593. The molecule has 0 aromatic heterocycles. The summed E-state index contributed by atoms with van der Waals surface area (Å²) >= 11 is 0. The van der Waals surface area contributed by atoms with Crippen LogP contribution < -0.4 is 5.46 Å². The lowest BCUT2D eigenvalue weighted by molar-refractivity contribution is 0.509. The Hall–Kier alpha value is -0.895. The number of hydrogen-bond donors (Lipinski definition) is 1. The maximum absolute atomic E-state index is 12.3. The van der Waals surface area contributed by atoms with Gasteiger partial charge in [-0.25, -0.2) is 8.78 Å². The first-order valence-corrected chi connectivity index (χ1v) is 2.66. The second-order valence-corrected chi connectivity index (χ2v) is 1.80. The summed E-state index contributed by atoms with van der Waals surface area (Å²) in [4.78, 5) is 0. The van der Waals surface area contributed by atoms with Crippen LogP contribution in [-0.2, 0) is 0 Å². The lowest BCUT2D eigenvalue weighted by atomic mass is 9.89. The molecule has 0 bridgehead atoms. The van der Waals surface area contributed by atoms with E-state index in [4.69, 9.17) is 5.02 Å². The molecule has 0 fully saturated rings. The molecule has 0 spiro atoms. The van der Waals surface area contributed by atoms with Crippen LogP contribution in [0, 0.1) is 11.6 Å². The molecular formula is C6H4BF2O. The van der Waals surface area contributed by atoms with Crippen molar-refractivity contribution in [1.29, 1.82) is 0 Å². The van der Waals surface area contributed by atoms with Gasteiger partial charge in [0.25, 0.3) is 0 Å². The van der Waals surface area contributed by atoms with Gasteiger partial charge in [0.1, 0.15) is 0 Å². The molecule has 51 valence electrons. The van der Waals surface area contributed by atoms with Crippen molar-refractivity contribution in [2.75, 3.05) is 0 Å². The fourth-order valence-electron chi connectivity index (χ4n) is 0.593. The zero-order valence-corrected chi connectivity index (χ0v) is 5.01. The molecule has 0 aliphatic heterocycles. The molecule has 0 atom stereocenters. The van der Waals surface area contributed by atoms with E-state index in [-0.39, 0.29) is 5.46 Å². The highest BCUT2D eigenvalue weighted by molar-refractivity contribution is 6.45. The van der Waals surface area contributed by atoms with E-state index in [9.17, 15) is 8.78 Å². The summed E-state index contributed by atoms with van der Waals surface area (Å²) in [7, 11) is 0.711. The molecule has 0 aliphatic carbocycles. The third kappa shape index (κ3) is 1.33. The maximum atomic E-state index is 12.3. The van der Waals surface area contributed by atoms with Crippen molar-refractivity contribution >= 4 is 12.9 Å². The molecule has 0 unspecified atom stereocenters. The lowest BCUT2D eigenvalue weighted by Gasteiger charge is -1.93. The molecule has 1 radical (unpaired) electrons. The Morgan fingerprint density at radius 2 is 1.90 bits per heavy atom. The van der Waals surface area contributed by atoms with Crippen molar-refractivity contribution in [2.24, 2.45) is 0 Å². The van der Waals surface area contributed by atoms with Crippen LogP contribution in [0.3, 0.4) is 0 Å². The first kappa shape index (κ1) is 7.21. The summed E-state index contributed by atoms with van der Waals surface area (Å²) in [6.45, 7) is 0. The zero-order chi connectivity index (χ0) is 7.56. The van der Waals surface area contributed by atoms with E-state index < -0.39 is 11.6 Å². The van der Waals surface area contributed by atoms with E-state index in [1.807, 2.05) is 0 Å². The van der Waals surface area contributed by atoms with E-state index in [1.165, 1.54) is 6.07 Å². The van der Waals surface area contributed by atoms with Crippen molar-refractivity contribution in [3.63, 3.8) is 0 Å². The van der Waals surface area contributed by atoms with Crippen molar-refractivity contribution in [3.8, 4) is 0 Å². The second kappa shape index (κ2) is 2.79. The second-order valence-electron chi connectivity index (χ2n) is 1.80. The van der Waals surface area contributed by atoms with Gasteiger partial charge in [-0.1, -0.05) is 11.5 Å². The fraction of sp³-hybridized carbons (Fsp3) is 0. The molecule has 1 rings (SSSR count). The first-order valence-electron chi connectivity index (χ1n) is 2.66. The Morgan fingerprint density at radius 1 is 1.20 bits per heavy atom. The van der Waals surface area contributed by atoms with Crippen molar-refractivity contribution in [3.05, 3.63) is 29.8 Å². The monoisotopic (exact) mass is 141 g/mol. The number of benzene rings is 1. The molecule has 0 heterocycles. The van der Waals surface area contributed by atoms with Gasteiger partial charge in [0, 0.05) is 0 Å². The summed E-state index contributed by atoms with van der Waals surface area (Å²) in [5.74, 6) is -1.87. The van der Waals surface area contributed by atoms with Gasteiger partial charge in [-0.2, -0.15) is 0 Å². The van der Waals surface area contributed by atoms with Gasteiger partial charge in [-0.05, 0) is 12.1 Å². The third-order valence-electron chi connectivity index (χ3n) is 1.09. The molecule has 1 nitrogen and oxygen atoms in total. The van der Waals surface area contributed by atoms with Gasteiger partial charge in [-0.15, -0.1) is 0 Å². The van der Waals surface area contributed by atoms with Crippen LogP contribution in [-0.4, -0.2) is 12.5 Å². The summed E-state index contributed by atoms with van der Waals surface area (Å²) < 4.78 is 24.4. The van der Waals surface area contributed by atoms with E-state index in [0.29, 0.717) is 7.48 Å². The average molecular weight is 141 g/mol. The van der Waals surface area contributed by atoms with Crippen molar-refractivity contribution in [2.45, 2.75) is 0 Å². The van der Waals surface area contributed by atoms with Crippen molar-refractivity contribution < 1.29 is 13.8 Å². The molecular weight excluding hydrogens is 137 g/mol. The SMILES string of the molecule is O[B]c1ccc(F)c(F)c1. The molecule has 0 amide bonds. The summed E-state index contributed by atoms with van der Waals surface area (Å²) in [5.41, 5.74) is 0.249. The average Bonchev–Trinajstić information content (AvgIpc) is 1.95. The predicted molar refractivity (Wildman–Crippen MR) is 34.0 cm³/mol. The molecule has 0 aliphatic rings. The van der Waals surface area contributed by atoms with Crippen LogP contribution in [0.25, 0.3) is 0 Å². The molecule has 1 N–H and O–H groups in total. The topological polar surface area (TPSA) is 20.2 Å². The molecule has 0 saturated carbocycles. The van der Waals surface area contributed by atoms with E-state index in [0.717, 1.165) is 12.1 Å². The summed E-state index contributed by atoms with van der Waals surface area (Å²) in [6, 6.07) is 3.14. The molecule has 0 saturated heterocycles. The van der Waals surface area contributed by atoms with Gasteiger partial charge in [0.05, 0.1) is 0 Å². The van der Waals surface area contributed by atoms with Gasteiger partial charge in [0.2, 0.25) is 0 Å². The van der Waals surface area contributed by atoms with E-state index in [1.54, 1.807) is 0 Å². The molecule has 1 aromatic carbocycles. The Bertz CT molecular complexity index is 239. The Balaban J connectivity index is 3.04. The quantitative estimate of drug-likeness (QED) is 0.554. The Labute approximate surface area is 57.6 Å². The van der Waals surface area contributed by atoms with Crippen LogP contribution in [0.1, 0.15) is 0 Å². The third-order valence-corrected chi connectivity index (χ3v) is 1.09. The van der Waals surface area contributed by atoms with Gasteiger partial charge in [-0.3, -0.25) is 0 Å². The minimum atomic E-state index is -0.956. The zero-order valence-electron chi connectivity index (χ0n) is 5.01. The normalized spacial score (nSPS) is 9.50. The smallest absolute Gasteiger partial charge is 0.326 e. The van der Waals surface area contributed by atoms with Crippen LogP contribution in [0.5, 0.6) is 0 Å². The van der Waals surface area contributed by atoms with E-state index in [2.05, 4.69) is 0 Å². The highest BCUT2D eigenvalue weighted by Gasteiger charge is 2.01. The first-order chi connectivity index (χ1) is 4.74. The van der Waals surface area contributed by atoms with Gasteiger partial charge in [0.15, 0.2) is 11.6 Å². The molecule has 10 heavy (non-hydrogen) atoms. The molecule has 1 aromatic rings. The summed E-state index contributed by atoms with van der Waals surface area (Å²) in [6.07, 6.45) is 0. The maximum Gasteiger partial charge on any atom is 0.326 e. The number of rotatable bonds is 1. The van der Waals surface area contributed by atoms with Crippen LogP contribution in [0.4, 0.5) is 8.78 Å². The highest BCUT2D eigenvalue weighted by Crippen LogP contribution is 2.00. The van der Waals surface area contributed by atoms with Crippen LogP contribution in [0.15, 0.2) is 18.2 Å². The summed E-state index contributed by atoms with van der Waals surface area (Å²) in [5, 5.41) is 8.34. The minimum Gasteiger partial charge on any atom is -0.450 e. The largest absolute Gasteiger partial charge is 0.450 e. The van der Waals surface area contributed by atoms with Crippen molar-refractivity contribution in [1.82, 2.24) is 0 Å². The Morgan fingerprint density at radius 3 is 2.40 bits per heavy atom. The minimum absolute atomic E-state index is 0.249. The highest BCUT2D eigenvalue weighted by atomic mass is 19.2. The molecule has 4 heteroatoms. The van der Waals surface area contributed by atoms with Gasteiger partial charge >= 0.3 is 7.48 Å². The Kier molecular flexibility index (Phi) is 2.01. The van der Waals surface area contributed by atoms with E-state index >= 15 is 0 Å². The van der Waals surface area contributed by atoms with Crippen LogP contribution >= 0.6 is 0 Å². The van der Waals surface area contributed by atoms with Gasteiger partial charge < -0.3 is 5.02 Å². The standard InChI is InChI=1S/C6H4BF2O/c8-5-2-1-4(7-10)3-6(5)9/h1-3,10H.